The number of benzene rings is 1. The molecule has 4 atom stereocenters. The molecule has 0 spiro atoms. The third-order valence-electron chi connectivity index (χ3n) is 5.91. The molecule has 1 heterocycles. The van der Waals surface area contributed by atoms with Gasteiger partial charge in [0.2, 0.25) is 23.6 Å². The summed E-state index contributed by atoms with van der Waals surface area (Å²) in [7, 11) is 0. The number of amides is 4. The van der Waals surface area contributed by atoms with Crippen LogP contribution >= 0.6 is 0 Å². The lowest BCUT2D eigenvalue weighted by Gasteiger charge is -2.25. The van der Waals surface area contributed by atoms with Gasteiger partial charge in [0.15, 0.2) is 0 Å². The molecule has 4 unspecified atom stereocenters. The van der Waals surface area contributed by atoms with Gasteiger partial charge < -0.3 is 47.7 Å². The number of phenolic OH excluding ortho intramolecular Hbond substituents is 1. The summed E-state index contributed by atoms with van der Waals surface area (Å²) in [5, 5.41) is 35.2. The molecule has 4 amide bonds. The van der Waals surface area contributed by atoms with Gasteiger partial charge in [-0.05, 0) is 30.5 Å². The van der Waals surface area contributed by atoms with E-state index in [-0.39, 0.29) is 31.4 Å². The number of carbonyl (C=O) groups is 6. The molecular formula is C25H33N7O9. The number of rotatable bonds is 17. The number of imidazole rings is 1. The van der Waals surface area contributed by atoms with Crippen molar-refractivity contribution in [1.29, 1.82) is 0 Å². The van der Waals surface area contributed by atoms with Crippen LogP contribution in [0.4, 0.5) is 0 Å². The second kappa shape index (κ2) is 15.6. The maximum absolute atomic E-state index is 13.1. The minimum absolute atomic E-state index is 0.0404. The number of nitrogens with two attached hydrogens (primary N) is 2. The molecule has 41 heavy (non-hydrogen) atoms. The Morgan fingerprint density at radius 1 is 0.829 bits per heavy atom. The van der Waals surface area contributed by atoms with Crippen LogP contribution in [0.5, 0.6) is 5.75 Å². The maximum Gasteiger partial charge on any atom is 0.326 e. The van der Waals surface area contributed by atoms with Crippen LogP contribution < -0.4 is 27.4 Å². The summed E-state index contributed by atoms with van der Waals surface area (Å²) in [5.41, 5.74) is 12.1. The van der Waals surface area contributed by atoms with Gasteiger partial charge in [-0.2, -0.15) is 0 Å². The smallest absolute Gasteiger partial charge is 0.326 e. The number of H-pyrrole nitrogens is 1. The fourth-order valence-corrected chi connectivity index (χ4v) is 3.71. The third-order valence-corrected chi connectivity index (χ3v) is 5.91. The number of nitrogens with one attached hydrogen (secondary N) is 4. The highest BCUT2D eigenvalue weighted by Gasteiger charge is 2.31. The van der Waals surface area contributed by atoms with Crippen LogP contribution in [-0.2, 0) is 41.6 Å². The van der Waals surface area contributed by atoms with Crippen LogP contribution in [0.3, 0.4) is 0 Å². The van der Waals surface area contributed by atoms with E-state index in [1.165, 1.54) is 36.8 Å². The Hall–Kier alpha value is -4.99. The van der Waals surface area contributed by atoms with E-state index in [0.717, 1.165) is 0 Å². The number of hydrogen-bond acceptors (Lipinski definition) is 9. The average Bonchev–Trinajstić information content (AvgIpc) is 3.42. The zero-order valence-electron chi connectivity index (χ0n) is 21.9. The van der Waals surface area contributed by atoms with Crippen molar-refractivity contribution in [3.63, 3.8) is 0 Å². The molecule has 0 fully saturated rings. The first-order valence-corrected chi connectivity index (χ1v) is 12.5. The molecule has 2 aromatic rings. The second-order valence-corrected chi connectivity index (χ2v) is 9.22. The molecule has 0 aliphatic rings. The van der Waals surface area contributed by atoms with Crippen LogP contribution in [0.1, 0.15) is 36.9 Å². The maximum atomic E-state index is 13.1. The largest absolute Gasteiger partial charge is 0.508 e. The monoisotopic (exact) mass is 575 g/mol. The van der Waals surface area contributed by atoms with Gasteiger partial charge in [-0.15, -0.1) is 0 Å². The van der Waals surface area contributed by atoms with E-state index in [0.29, 0.717) is 11.3 Å². The van der Waals surface area contributed by atoms with Gasteiger partial charge >= 0.3 is 11.9 Å². The number of primary amides is 1. The fraction of sp³-hybridized carbons (Fsp3) is 0.400. The average molecular weight is 576 g/mol. The van der Waals surface area contributed by atoms with E-state index in [1.54, 1.807) is 0 Å². The number of carbonyl (C=O) groups excluding carboxylic acids is 4. The molecule has 0 aliphatic heterocycles. The van der Waals surface area contributed by atoms with Crippen LogP contribution in [0.15, 0.2) is 36.8 Å². The molecule has 0 radical (unpaired) electrons. The Balaban J connectivity index is 2.16. The summed E-state index contributed by atoms with van der Waals surface area (Å²) >= 11 is 0. The van der Waals surface area contributed by atoms with Gasteiger partial charge in [-0.25, -0.2) is 9.78 Å². The van der Waals surface area contributed by atoms with Crippen molar-refractivity contribution in [3.8, 4) is 5.75 Å². The number of aromatic amines is 1. The van der Waals surface area contributed by atoms with E-state index >= 15 is 0 Å². The third kappa shape index (κ3) is 11.3. The lowest BCUT2D eigenvalue weighted by molar-refractivity contribution is -0.143. The molecular weight excluding hydrogens is 542 g/mol. The number of carboxylic acid groups (broad SMARTS) is 2. The van der Waals surface area contributed by atoms with Gasteiger partial charge in [-0.3, -0.25) is 24.0 Å². The highest BCUT2D eigenvalue weighted by Crippen LogP contribution is 2.12. The lowest BCUT2D eigenvalue weighted by Crippen LogP contribution is -2.57. The number of hydrogen-bond donors (Lipinski definition) is 9. The first-order valence-electron chi connectivity index (χ1n) is 12.5. The molecule has 1 aromatic heterocycles. The highest BCUT2D eigenvalue weighted by molar-refractivity contribution is 5.94. The van der Waals surface area contributed by atoms with Crippen molar-refractivity contribution in [1.82, 2.24) is 25.9 Å². The van der Waals surface area contributed by atoms with Gasteiger partial charge in [0, 0.05) is 37.6 Å². The van der Waals surface area contributed by atoms with Gasteiger partial charge in [0.25, 0.3) is 0 Å². The number of phenols is 1. The molecule has 0 bridgehead atoms. The van der Waals surface area contributed by atoms with E-state index in [1.807, 2.05) is 0 Å². The summed E-state index contributed by atoms with van der Waals surface area (Å²) in [6.07, 6.45) is 1.20. The van der Waals surface area contributed by atoms with E-state index in [2.05, 4.69) is 25.9 Å². The summed E-state index contributed by atoms with van der Waals surface area (Å²) in [6.45, 7) is 0. The molecule has 0 saturated carbocycles. The zero-order valence-corrected chi connectivity index (χ0v) is 21.9. The normalized spacial score (nSPS) is 13.7. The lowest BCUT2D eigenvalue weighted by atomic mass is 10.0. The molecule has 16 heteroatoms. The quantitative estimate of drug-likeness (QED) is 0.0984. The molecule has 11 N–H and O–H groups in total. The van der Waals surface area contributed by atoms with Crippen molar-refractivity contribution in [3.05, 3.63) is 48.0 Å². The standard InChI is InChI=1S/C25H33N7O9/c26-16(10-14-11-28-12-29-14)22(37)30-17(5-7-20(27)34)23(38)31-18(6-8-21(35)36)24(39)32-19(25(40)41)9-13-1-3-15(33)4-2-13/h1-4,11-12,16-19,33H,5-10,26H2,(H2,27,34)(H,28,29)(H,30,37)(H,31,38)(H,32,39)(H,35,36)(H,40,41). The Morgan fingerprint density at radius 3 is 1.90 bits per heavy atom. The van der Waals surface area contributed by atoms with Crippen molar-refractivity contribution in [2.45, 2.75) is 62.7 Å². The van der Waals surface area contributed by atoms with Gasteiger partial charge in [0.05, 0.1) is 12.4 Å². The summed E-state index contributed by atoms with van der Waals surface area (Å²) < 4.78 is 0. The van der Waals surface area contributed by atoms with E-state index in [4.69, 9.17) is 16.6 Å². The SMILES string of the molecule is NC(=O)CCC(NC(=O)C(N)Cc1cnc[nH]1)C(=O)NC(CCC(=O)O)C(=O)NC(Cc1ccc(O)cc1)C(=O)O. The van der Waals surface area contributed by atoms with E-state index < -0.39 is 72.6 Å². The highest BCUT2D eigenvalue weighted by atomic mass is 16.4. The van der Waals surface area contributed by atoms with E-state index in [9.17, 15) is 39.0 Å². The number of carboxylic acids is 2. The molecule has 222 valence electrons. The van der Waals surface area contributed by atoms with Crippen molar-refractivity contribution in [2.75, 3.05) is 0 Å². The van der Waals surface area contributed by atoms with Crippen molar-refractivity contribution >= 4 is 35.6 Å². The Kier molecular flexibility index (Phi) is 12.2. The van der Waals surface area contributed by atoms with Crippen LogP contribution in [0.25, 0.3) is 0 Å². The summed E-state index contributed by atoms with van der Waals surface area (Å²) in [6, 6.07) is 0.153. The Labute approximate surface area is 233 Å². The minimum Gasteiger partial charge on any atom is -0.508 e. The zero-order chi connectivity index (χ0) is 30.5. The topological polar surface area (TPSA) is 280 Å². The van der Waals surface area contributed by atoms with Gasteiger partial charge in [0.1, 0.15) is 23.9 Å². The summed E-state index contributed by atoms with van der Waals surface area (Å²) in [4.78, 5) is 79.8. The number of aromatic nitrogens is 2. The minimum atomic E-state index is -1.51. The summed E-state index contributed by atoms with van der Waals surface area (Å²) in [5.74, 6) is -6.16. The molecule has 0 saturated heterocycles. The van der Waals surface area contributed by atoms with Crippen LogP contribution in [0, 0.1) is 0 Å². The van der Waals surface area contributed by atoms with Crippen molar-refractivity contribution < 1.29 is 44.1 Å². The second-order valence-electron chi connectivity index (χ2n) is 9.22. The molecule has 1 aromatic carbocycles. The number of aliphatic carboxylic acids is 2. The van der Waals surface area contributed by atoms with Gasteiger partial charge in [-0.1, -0.05) is 12.1 Å². The molecule has 0 aliphatic carbocycles. The molecule has 16 nitrogen and oxygen atoms in total. The van der Waals surface area contributed by atoms with Crippen LogP contribution in [-0.4, -0.2) is 85.0 Å². The number of nitrogens with zero attached hydrogens (tertiary/aromatic N) is 1. The first-order chi connectivity index (χ1) is 19.3. The van der Waals surface area contributed by atoms with Crippen LogP contribution in [0.2, 0.25) is 0 Å². The first kappa shape index (κ1) is 32.2. The predicted molar refractivity (Wildman–Crippen MR) is 141 cm³/mol. The number of aromatic hydroxyl groups is 1. The predicted octanol–water partition coefficient (Wildman–Crippen LogP) is -2.10. The Bertz CT molecular complexity index is 1220. The Morgan fingerprint density at radius 2 is 1.39 bits per heavy atom. The van der Waals surface area contributed by atoms with Crippen molar-refractivity contribution in [2.24, 2.45) is 11.5 Å². The fourth-order valence-electron chi connectivity index (χ4n) is 3.71. The molecule has 2 rings (SSSR count).